The second-order valence-corrected chi connectivity index (χ2v) is 7.69. The number of amides is 1. The van der Waals surface area contributed by atoms with Crippen LogP contribution in [0.2, 0.25) is 0 Å². The summed E-state index contributed by atoms with van der Waals surface area (Å²) >= 11 is 0. The van der Waals surface area contributed by atoms with Gasteiger partial charge < -0.3 is 11.1 Å². The molecule has 1 saturated carbocycles. The van der Waals surface area contributed by atoms with Crippen molar-refractivity contribution in [1.29, 1.82) is 0 Å². The first kappa shape index (κ1) is 19.1. The Balaban J connectivity index is 1.91. The Morgan fingerprint density at radius 2 is 2.17 bits per heavy atom. The van der Waals surface area contributed by atoms with E-state index < -0.39 is 0 Å². The summed E-state index contributed by atoms with van der Waals surface area (Å²) in [4.78, 5) is 30.9. The number of nitrogens with two attached hydrogens (primary N) is 1. The summed E-state index contributed by atoms with van der Waals surface area (Å²) in [6.45, 7) is 6.04. The molecule has 3 aromatic heterocycles. The second kappa shape index (κ2) is 7.66. The number of nitrogens with zero attached hydrogens (tertiary/aromatic N) is 3. The van der Waals surface area contributed by atoms with Gasteiger partial charge in [-0.25, -0.2) is 4.57 Å². The van der Waals surface area contributed by atoms with Crippen LogP contribution in [0.5, 0.6) is 0 Å². The number of nitrogen functional groups attached to an aromatic ring is 1. The van der Waals surface area contributed by atoms with E-state index in [0.717, 1.165) is 31.2 Å². The molecule has 7 nitrogen and oxygen atoms in total. The molecule has 1 aliphatic carbocycles. The molecule has 0 saturated heterocycles. The SMILES string of the molecule is C=CC[n+]1c(N)c(C(=O)NC2CCCCC2)cc2c(=O)n3cccc(C)c3nc21. The van der Waals surface area contributed by atoms with E-state index in [1.54, 1.807) is 22.9 Å². The summed E-state index contributed by atoms with van der Waals surface area (Å²) in [5, 5.41) is 3.45. The molecule has 3 N–H and O–H groups in total. The number of rotatable bonds is 4. The van der Waals surface area contributed by atoms with E-state index in [-0.39, 0.29) is 23.3 Å². The number of aromatic nitrogens is 3. The van der Waals surface area contributed by atoms with Gasteiger partial charge in [-0.05, 0) is 31.9 Å². The number of pyridine rings is 2. The van der Waals surface area contributed by atoms with Crippen molar-refractivity contribution >= 4 is 28.4 Å². The Bertz CT molecular complexity index is 1180. The number of hydrogen-bond acceptors (Lipinski definition) is 4. The molecule has 1 aliphatic rings. The van der Waals surface area contributed by atoms with E-state index in [4.69, 9.17) is 10.7 Å². The average molecular weight is 392 g/mol. The van der Waals surface area contributed by atoms with Crippen LogP contribution in [0.1, 0.15) is 48.0 Å². The number of carbonyl (C=O) groups excluding carboxylic acids is 1. The van der Waals surface area contributed by atoms with Crippen LogP contribution in [-0.4, -0.2) is 21.3 Å². The van der Waals surface area contributed by atoms with Crippen molar-refractivity contribution in [2.45, 2.75) is 51.6 Å². The van der Waals surface area contributed by atoms with Crippen LogP contribution in [0.25, 0.3) is 16.7 Å². The van der Waals surface area contributed by atoms with Crippen molar-refractivity contribution in [2.24, 2.45) is 0 Å². The van der Waals surface area contributed by atoms with E-state index in [1.807, 2.05) is 19.1 Å². The fourth-order valence-corrected chi connectivity index (χ4v) is 4.12. The van der Waals surface area contributed by atoms with Crippen LogP contribution in [0.15, 0.2) is 41.8 Å². The van der Waals surface area contributed by atoms with Crippen molar-refractivity contribution in [3.8, 4) is 0 Å². The van der Waals surface area contributed by atoms with Gasteiger partial charge >= 0.3 is 0 Å². The molecule has 7 heteroatoms. The van der Waals surface area contributed by atoms with E-state index in [0.29, 0.717) is 28.8 Å². The van der Waals surface area contributed by atoms with E-state index in [9.17, 15) is 9.59 Å². The number of aryl methyl sites for hydroxylation is 1. The molecule has 0 aromatic carbocycles. The molecule has 0 radical (unpaired) electrons. The number of hydrogen-bond donors (Lipinski definition) is 2. The molecule has 3 heterocycles. The zero-order chi connectivity index (χ0) is 20.5. The number of carbonyl (C=O) groups is 1. The largest absolute Gasteiger partial charge is 0.349 e. The van der Waals surface area contributed by atoms with Gasteiger partial charge in [0.05, 0.1) is 6.54 Å². The summed E-state index contributed by atoms with van der Waals surface area (Å²) < 4.78 is 3.20. The lowest BCUT2D eigenvalue weighted by molar-refractivity contribution is -0.648. The summed E-state index contributed by atoms with van der Waals surface area (Å²) in [6.07, 6.45) is 8.75. The number of anilines is 1. The maximum absolute atomic E-state index is 13.2. The van der Waals surface area contributed by atoms with Crippen LogP contribution in [0, 0.1) is 6.92 Å². The van der Waals surface area contributed by atoms with Crippen LogP contribution in [-0.2, 0) is 6.54 Å². The highest BCUT2D eigenvalue weighted by atomic mass is 16.2. The summed E-state index contributed by atoms with van der Waals surface area (Å²) in [5.41, 5.74) is 8.37. The molecule has 0 unspecified atom stereocenters. The van der Waals surface area contributed by atoms with Crippen molar-refractivity contribution in [3.63, 3.8) is 0 Å². The number of nitrogens with one attached hydrogen (secondary N) is 1. The highest BCUT2D eigenvalue weighted by Gasteiger charge is 2.26. The first-order valence-electron chi connectivity index (χ1n) is 10.1. The molecule has 3 aromatic rings. The number of allylic oxidation sites excluding steroid dienone is 1. The minimum Gasteiger partial charge on any atom is -0.349 e. The molecule has 4 rings (SSSR count). The monoisotopic (exact) mass is 392 g/mol. The topological polar surface area (TPSA) is 93.4 Å². The Kier molecular flexibility index (Phi) is 5.05. The predicted octanol–water partition coefficient (Wildman–Crippen LogP) is 2.27. The van der Waals surface area contributed by atoms with Crippen molar-refractivity contribution in [1.82, 2.24) is 14.7 Å². The van der Waals surface area contributed by atoms with Crippen LogP contribution < -0.4 is 21.2 Å². The van der Waals surface area contributed by atoms with Crippen molar-refractivity contribution < 1.29 is 9.36 Å². The minimum atomic E-state index is -0.247. The molecular formula is C22H26N5O2+. The zero-order valence-corrected chi connectivity index (χ0v) is 16.6. The van der Waals surface area contributed by atoms with Gasteiger partial charge in [-0.2, -0.15) is 0 Å². The Hall–Kier alpha value is -3.22. The molecule has 1 amide bonds. The lowest BCUT2D eigenvalue weighted by Gasteiger charge is -2.23. The Morgan fingerprint density at radius 1 is 1.41 bits per heavy atom. The van der Waals surface area contributed by atoms with Gasteiger partial charge in [-0.3, -0.25) is 14.0 Å². The first-order chi connectivity index (χ1) is 14.0. The standard InChI is InChI=1S/C22H25N5O2/c1-3-11-26-18(23)16(21(28)24-15-9-5-4-6-10-15)13-17-20(26)25-19-14(2)8-7-12-27(19)22(17)29/h3,7-8,12-13,15,23H,1,4-6,9-11H2,2H3,(H,24,28)/p+1. The highest BCUT2D eigenvalue weighted by molar-refractivity contribution is 6.00. The quantitative estimate of drug-likeness (QED) is 0.405. The lowest BCUT2D eigenvalue weighted by atomic mass is 9.95. The predicted molar refractivity (Wildman–Crippen MR) is 113 cm³/mol. The Labute approximate surface area is 168 Å². The van der Waals surface area contributed by atoms with Gasteiger partial charge in [0.2, 0.25) is 11.5 Å². The summed E-state index contributed by atoms with van der Waals surface area (Å²) in [5.74, 6) is 0.0402. The molecule has 0 atom stereocenters. The number of fused-ring (bicyclic) bond motifs is 2. The molecule has 0 aliphatic heterocycles. The van der Waals surface area contributed by atoms with Crippen molar-refractivity contribution in [3.05, 3.63) is 58.5 Å². The second-order valence-electron chi connectivity index (χ2n) is 7.69. The molecule has 0 bridgehead atoms. The minimum absolute atomic E-state index is 0.151. The maximum atomic E-state index is 13.2. The lowest BCUT2D eigenvalue weighted by Crippen LogP contribution is -2.43. The molecule has 0 spiro atoms. The third-order valence-electron chi connectivity index (χ3n) is 5.67. The van der Waals surface area contributed by atoms with Gasteiger partial charge in [0, 0.05) is 17.8 Å². The van der Waals surface area contributed by atoms with Crippen LogP contribution in [0.3, 0.4) is 0 Å². The molecular weight excluding hydrogens is 366 g/mol. The maximum Gasteiger partial charge on any atom is 0.278 e. The van der Waals surface area contributed by atoms with Crippen molar-refractivity contribution in [2.75, 3.05) is 5.73 Å². The molecule has 150 valence electrons. The van der Waals surface area contributed by atoms with Crippen LogP contribution >= 0.6 is 0 Å². The fraction of sp³-hybridized carbons (Fsp3) is 0.364. The van der Waals surface area contributed by atoms with Gasteiger partial charge in [0.25, 0.3) is 17.1 Å². The van der Waals surface area contributed by atoms with E-state index in [2.05, 4.69) is 11.9 Å². The normalized spacial score (nSPS) is 14.9. The summed E-state index contributed by atoms with van der Waals surface area (Å²) in [6, 6.07) is 5.44. The van der Waals surface area contributed by atoms with Gasteiger partial charge in [0.1, 0.15) is 10.9 Å². The first-order valence-corrected chi connectivity index (χ1v) is 10.1. The fourth-order valence-electron chi connectivity index (χ4n) is 4.12. The smallest absolute Gasteiger partial charge is 0.278 e. The van der Waals surface area contributed by atoms with Gasteiger partial charge in [-0.1, -0.05) is 43.0 Å². The molecule has 1 fully saturated rings. The van der Waals surface area contributed by atoms with Gasteiger partial charge in [0.15, 0.2) is 0 Å². The van der Waals surface area contributed by atoms with E-state index in [1.165, 1.54) is 10.8 Å². The third kappa shape index (κ3) is 3.37. The van der Waals surface area contributed by atoms with Gasteiger partial charge in [-0.15, -0.1) is 0 Å². The molecule has 29 heavy (non-hydrogen) atoms. The zero-order valence-electron chi connectivity index (χ0n) is 16.6. The Morgan fingerprint density at radius 3 is 2.90 bits per heavy atom. The average Bonchev–Trinajstić information content (AvgIpc) is 2.72. The van der Waals surface area contributed by atoms with E-state index >= 15 is 0 Å². The highest BCUT2D eigenvalue weighted by Crippen LogP contribution is 2.20. The van der Waals surface area contributed by atoms with Crippen LogP contribution in [0.4, 0.5) is 5.82 Å². The summed E-state index contributed by atoms with van der Waals surface area (Å²) in [7, 11) is 0. The third-order valence-corrected chi connectivity index (χ3v) is 5.67.